The van der Waals surface area contributed by atoms with E-state index in [9.17, 15) is 4.79 Å². The fourth-order valence-corrected chi connectivity index (χ4v) is 1.09. The predicted molar refractivity (Wildman–Crippen MR) is 53.9 cm³/mol. The lowest BCUT2D eigenvalue weighted by Gasteiger charge is -1.98. The molecule has 0 heterocycles. The fraction of sp³-hybridized carbons (Fsp3) is 0.182. The van der Waals surface area contributed by atoms with Crippen LogP contribution in [-0.4, -0.2) is 22.8 Å². The zero-order valence-electron chi connectivity index (χ0n) is 7.68. The van der Waals surface area contributed by atoms with Crippen molar-refractivity contribution < 1.29 is 15.0 Å². The average Bonchev–Trinajstić information content (AvgIpc) is 2.17. The van der Waals surface area contributed by atoms with Crippen LogP contribution in [0.25, 0.3) is 6.08 Å². The summed E-state index contributed by atoms with van der Waals surface area (Å²) in [5, 5.41) is 17.1. The summed E-state index contributed by atoms with van der Waals surface area (Å²) >= 11 is 0. The molecular formula is C11H12O3. The van der Waals surface area contributed by atoms with Crippen molar-refractivity contribution in [2.24, 2.45) is 0 Å². The maximum absolute atomic E-state index is 10.2. The van der Waals surface area contributed by atoms with Crippen LogP contribution in [-0.2, 0) is 11.2 Å². The van der Waals surface area contributed by atoms with Crippen molar-refractivity contribution in [2.45, 2.75) is 6.42 Å². The van der Waals surface area contributed by atoms with E-state index in [1.165, 1.54) is 6.08 Å². The summed E-state index contributed by atoms with van der Waals surface area (Å²) in [6, 6.07) is 7.39. The zero-order valence-corrected chi connectivity index (χ0v) is 7.68. The Hall–Kier alpha value is -1.61. The van der Waals surface area contributed by atoms with Crippen LogP contribution in [0.1, 0.15) is 11.1 Å². The van der Waals surface area contributed by atoms with Crippen molar-refractivity contribution in [1.29, 1.82) is 0 Å². The van der Waals surface area contributed by atoms with E-state index < -0.39 is 5.97 Å². The first kappa shape index (κ1) is 10.5. The van der Waals surface area contributed by atoms with Gasteiger partial charge in [-0.25, -0.2) is 4.79 Å². The number of carboxylic acid groups (broad SMARTS) is 1. The molecule has 0 unspecified atom stereocenters. The van der Waals surface area contributed by atoms with Gasteiger partial charge in [-0.1, -0.05) is 24.3 Å². The Morgan fingerprint density at radius 2 is 1.93 bits per heavy atom. The van der Waals surface area contributed by atoms with Crippen LogP contribution < -0.4 is 0 Å². The topological polar surface area (TPSA) is 57.5 Å². The lowest BCUT2D eigenvalue weighted by Crippen LogP contribution is -1.90. The molecule has 14 heavy (non-hydrogen) atoms. The summed E-state index contributed by atoms with van der Waals surface area (Å²) in [7, 11) is 0. The molecular weight excluding hydrogens is 180 g/mol. The minimum Gasteiger partial charge on any atom is -0.478 e. The summed E-state index contributed by atoms with van der Waals surface area (Å²) in [4.78, 5) is 10.2. The number of carbonyl (C=O) groups is 1. The number of aliphatic carboxylic acids is 1. The molecule has 3 heteroatoms. The highest BCUT2D eigenvalue weighted by atomic mass is 16.4. The molecule has 0 aliphatic rings. The second kappa shape index (κ2) is 5.19. The molecule has 0 saturated heterocycles. The molecule has 0 radical (unpaired) electrons. The monoisotopic (exact) mass is 192 g/mol. The Bertz CT molecular complexity index is 325. The van der Waals surface area contributed by atoms with Gasteiger partial charge in [0.15, 0.2) is 0 Å². The number of carboxylic acids is 1. The quantitative estimate of drug-likeness (QED) is 0.707. The van der Waals surface area contributed by atoms with Crippen molar-refractivity contribution in [3.8, 4) is 0 Å². The highest BCUT2D eigenvalue weighted by Gasteiger charge is 1.92. The summed E-state index contributed by atoms with van der Waals surface area (Å²) in [5.41, 5.74) is 1.88. The fourth-order valence-electron chi connectivity index (χ4n) is 1.09. The van der Waals surface area contributed by atoms with E-state index in [-0.39, 0.29) is 6.61 Å². The molecule has 0 spiro atoms. The van der Waals surface area contributed by atoms with Gasteiger partial charge in [0.05, 0.1) is 0 Å². The molecule has 1 aromatic carbocycles. The van der Waals surface area contributed by atoms with Gasteiger partial charge in [-0.15, -0.1) is 0 Å². The third-order valence-corrected chi connectivity index (χ3v) is 1.80. The van der Waals surface area contributed by atoms with Crippen LogP contribution in [0.2, 0.25) is 0 Å². The number of benzene rings is 1. The molecule has 0 amide bonds. The summed E-state index contributed by atoms with van der Waals surface area (Å²) in [6.45, 7) is 0.129. The number of rotatable bonds is 4. The van der Waals surface area contributed by atoms with Gasteiger partial charge >= 0.3 is 5.97 Å². The summed E-state index contributed by atoms with van der Waals surface area (Å²) in [6.07, 6.45) is 3.26. The second-order valence-electron chi connectivity index (χ2n) is 2.89. The molecule has 0 fully saturated rings. The molecule has 0 aliphatic heterocycles. The van der Waals surface area contributed by atoms with Gasteiger partial charge in [-0.05, 0) is 23.6 Å². The third-order valence-electron chi connectivity index (χ3n) is 1.80. The van der Waals surface area contributed by atoms with Gasteiger partial charge in [0.1, 0.15) is 0 Å². The Morgan fingerprint density at radius 3 is 2.43 bits per heavy atom. The first-order chi connectivity index (χ1) is 6.72. The van der Waals surface area contributed by atoms with Gasteiger partial charge in [0, 0.05) is 12.7 Å². The van der Waals surface area contributed by atoms with E-state index in [4.69, 9.17) is 10.2 Å². The first-order valence-electron chi connectivity index (χ1n) is 4.33. The van der Waals surface area contributed by atoms with Crippen LogP contribution in [0.5, 0.6) is 0 Å². The van der Waals surface area contributed by atoms with E-state index in [1.54, 1.807) is 0 Å². The molecule has 1 aromatic rings. The van der Waals surface area contributed by atoms with Gasteiger partial charge in [-0.3, -0.25) is 0 Å². The lowest BCUT2D eigenvalue weighted by atomic mass is 10.1. The van der Waals surface area contributed by atoms with E-state index in [0.29, 0.717) is 6.42 Å². The van der Waals surface area contributed by atoms with E-state index in [2.05, 4.69) is 0 Å². The molecule has 0 saturated carbocycles. The Morgan fingerprint density at radius 1 is 1.29 bits per heavy atom. The van der Waals surface area contributed by atoms with Crippen molar-refractivity contribution >= 4 is 12.0 Å². The van der Waals surface area contributed by atoms with Crippen molar-refractivity contribution in [2.75, 3.05) is 6.61 Å². The van der Waals surface area contributed by atoms with Gasteiger partial charge in [-0.2, -0.15) is 0 Å². The Balaban J connectivity index is 2.68. The Labute approximate surface area is 82.3 Å². The van der Waals surface area contributed by atoms with Crippen molar-refractivity contribution in [3.05, 3.63) is 41.5 Å². The number of aliphatic hydroxyl groups excluding tert-OH is 1. The van der Waals surface area contributed by atoms with Crippen LogP contribution in [0.3, 0.4) is 0 Å². The standard InChI is InChI=1S/C11H12O3/c12-8-7-10-3-1-9(2-4-10)5-6-11(13)14/h1-6,12H,7-8H2,(H,13,14). The van der Waals surface area contributed by atoms with Crippen molar-refractivity contribution in [3.63, 3.8) is 0 Å². The number of hydrogen-bond donors (Lipinski definition) is 2. The number of hydrogen-bond acceptors (Lipinski definition) is 2. The first-order valence-corrected chi connectivity index (χ1v) is 4.33. The van der Waals surface area contributed by atoms with Crippen LogP contribution in [0.15, 0.2) is 30.3 Å². The largest absolute Gasteiger partial charge is 0.478 e. The van der Waals surface area contributed by atoms with E-state index >= 15 is 0 Å². The average molecular weight is 192 g/mol. The highest BCUT2D eigenvalue weighted by molar-refractivity contribution is 5.85. The van der Waals surface area contributed by atoms with Gasteiger partial charge in [0.25, 0.3) is 0 Å². The van der Waals surface area contributed by atoms with Gasteiger partial charge in [0.2, 0.25) is 0 Å². The minimum atomic E-state index is -0.954. The smallest absolute Gasteiger partial charge is 0.328 e. The highest BCUT2D eigenvalue weighted by Crippen LogP contribution is 2.06. The summed E-state index contributed by atoms with van der Waals surface area (Å²) < 4.78 is 0. The predicted octanol–water partition coefficient (Wildman–Crippen LogP) is 1.32. The lowest BCUT2D eigenvalue weighted by molar-refractivity contribution is -0.131. The molecule has 2 N–H and O–H groups in total. The zero-order chi connectivity index (χ0) is 10.4. The maximum atomic E-state index is 10.2. The van der Waals surface area contributed by atoms with E-state index in [0.717, 1.165) is 17.2 Å². The summed E-state index contributed by atoms with van der Waals surface area (Å²) in [5.74, 6) is -0.954. The van der Waals surface area contributed by atoms with Crippen LogP contribution in [0.4, 0.5) is 0 Å². The maximum Gasteiger partial charge on any atom is 0.328 e. The molecule has 0 aliphatic carbocycles. The van der Waals surface area contributed by atoms with Crippen molar-refractivity contribution in [1.82, 2.24) is 0 Å². The second-order valence-corrected chi connectivity index (χ2v) is 2.89. The minimum absolute atomic E-state index is 0.129. The Kier molecular flexibility index (Phi) is 3.88. The molecule has 0 bridgehead atoms. The third kappa shape index (κ3) is 3.41. The van der Waals surface area contributed by atoms with Crippen LogP contribution >= 0.6 is 0 Å². The molecule has 3 nitrogen and oxygen atoms in total. The molecule has 0 atom stereocenters. The molecule has 1 rings (SSSR count). The normalized spacial score (nSPS) is 10.6. The number of aliphatic hydroxyl groups is 1. The van der Waals surface area contributed by atoms with E-state index in [1.807, 2.05) is 24.3 Å². The van der Waals surface area contributed by atoms with Gasteiger partial charge < -0.3 is 10.2 Å². The molecule has 0 aromatic heterocycles. The molecule has 74 valence electrons. The SMILES string of the molecule is O=C(O)C=Cc1ccc(CCO)cc1. The van der Waals surface area contributed by atoms with Crippen LogP contribution in [0, 0.1) is 0 Å².